The Labute approximate surface area is 156 Å². The molecule has 2 atom stereocenters. The first kappa shape index (κ1) is 20.5. The highest BCUT2D eigenvalue weighted by Crippen LogP contribution is 2.13. The summed E-state index contributed by atoms with van der Waals surface area (Å²) >= 11 is 0. The summed E-state index contributed by atoms with van der Waals surface area (Å²) in [6.45, 7) is 2.59. The summed E-state index contributed by atoms with van der Waals surface area (Å²) in [5.74, 6) is -2.31. The normalized spacial score (nSPS) is 13.4. The van der Waals surface area contributed by atoms with E-state index in [0.29, 0.717) is 0 Å². The van der Waals surface area contributed by atoms with Crippen LogP contribution in [-0.4, -0.2) is 32.4 Å². The summed E-state index contributed by atoms with van der Waals surface area (Å²) in [5, 5.41) is 2.30. The molecule has 2 aromatic carbocycles. The smallest absolute Gasteiger partial charge is 0.324 e. The molecule has 0 saturated carbocycles. The molecule has 0 saturated heterocycles. The maximum absolute atomic E-state index is 13.6. The summed E-state index contributed by atoms with van der Waals surface area (Å²) in [4.78, 5) is 24.1. The third-order valence-corrected chi connectivity index (χ3v) is 5.09. The molecule has 1 amide bonds. The number of carbonyl (C=O) groups excluding carboxylic acids is 2. The minimum Gasteiger partial charge on any atom is -0.451 e. The minimum atomic E-state index is -3.92. The van der Waals surface area contributed by atoms with E-state index in [9.17, 15) is 22.4 Å². The number of hydrogen-bond acceptors (Lipinski definition) is 5. The van der Waals surface area contributed by atoms with Crippen molar-refractivity contribution >= 4 is 27.6 Å². The molecule has 0 bridgehead atoms. The topological polar surface area (TPSA) is 102 Å². The van der Waals surface area contributed by atoms with Crippen LogP contribution in [0.15, 0.2) is 59.5 Å². The van der Waals surface area contributed by atoms with Crippen LogP contribution >= 0.6 is 0 Å². The summed E-state index contributed by atoms with van der Waals surface area (Å²) < 4.78 is 45.1. The second kappa shape index (κ2) is 8.74. The van der Waals surface area contributed by atoms with Crippen LogP contribution in [-0.2, 0) is 24.3 Å². The van der Waals surface area contributed by atoms with Gasteiger partial charge in [-0.1, -0.05) is 30.3 Å². The van der Waals surface area contributed by atoms with Gasteiger partial charge in [0.1, 0.15) is 11.9 Å². The molecule has 0 radical (unpaired) electrons. The van der Waals surface area contributed by atoms with E-state index in [-0.39, 0.29) is 10.6 Å². The maximum Gasteiger partial charge on any atom is 0.324 e. The van der Waals surface area contributed by atoms with Crippen molar-refractivity contribution in [1.29, 1.82) is 0 Å². The quantitative estimate of drug-likeness (QED) is 0.700. The Morgan fingerprint density at radius 2 is 1.59 bits per heavy atom. The number of halogens is 1. The molecule has 9 heteroatoms. The molecule has 144 valence electrons. The molecular weight excluding hydrogens is 375 g/mol. The molecule has 0 aromatic heterocycles. The third kappa shape index (κ3) is 5.60. The molecule has 2 rings (SSSR count). The van der Waals surface area contributed by atoms with Gasteiger partial charge in [0.05, 0.1) is 10.6 Å². The zero-order valence-corrected chi connectivity index (χ0v) is 15.5. The number of rotatable bonds is 7. The summed E-state index contributed by atoms with van der Waals surface area (Å²) in [6, 6.07) is 11.8. The van der Waals surface area contributed by atoms with Crippen LogP contribution in [0.25, 0.3) is 0 Å². The molecule has 0 aliphatic carbocycles. The highest BCUT2D eigenvalue weighted by atomic mass is 32.2. The monoisotopic (exact) mass is 394 g/mol. The number of nitrogens with one attached hydrogen (secondary N) is 2. The lowest BCUT2D eigenvalue weighted by molar-refractivity contribution is -0.154. The zero-order valence-electron chi connectivity index (χ0n) is 14.7. The summed E-state index contributed by atoms with van der Waals surface area (Å²) in [6.07, 6.45) is -1.25. The van der Waals surface area contributed by atoms with E-state index in [4.69, 9.17) is 4.74 Å². The molecule has 27 heavy (non-hydrogen) atoms. The molecule has 2 aromatic rings. The van der Waals surface area contributed by atoms with Gasteiger partial charge in [-0.05, 0) is 38.1 Å². The van der Waals surface area contributed by atoms with Gasteiger partial charge in [0.25, 0.3) is 5.91 Å². The molecule has 0 spiro atoms. The summed E-state index contributed by atoms with van der Waals surface area (Å²) in [7, 11) is -3.92. The van der Waals surface area contributed by atoms with Crippen molar-refractivity contribution in [2.75, 3.05) is 5.32 Å². The van der Waals surface area contributed by atoms with Gasteiger partial charge in [-0.15, -0.1) is 0 Å². The standard InChI is InChI=1S/C18H19FN2O5S/c1-12(21-27(24,25)14-8-4-3-5-9-14)18(23)26-13(2)17(22)20-16-11-7-6-10-15(16)19/h3-13,21H,1-2H3,(H,20,22)/t12-,13?/m0/s1. The first-order valence-electron chi connectivity index (χ1n) is 8.04. The van der Waals surface area contributed by atoms with E-state index in [0.717, 1.165) is 0 Å². The number of anilines is 1. The number of para-hydroxylation sites is 1. The van der Waals surface area contributed by atoms with Gasteiger partial charge in [0.15, 0.2) is 6.10 Å². The second-order valence-electron chi connectivity index (χ2n) is 5.70. The number of amides is 1. The lowest BCUT2D eigenvalue weighted by atomic mass is 10.3. The number of esters is 1. The maximum atomic E-state index is 13.6. The fourth-order valence-corrected chi connectivity index (χ4v) is 3.29. The van der Waals surface area contributed by atoms with E-state index in [2.05, 4.69) is 10.0 Å². The van der Waals surface area contributed by atoms with Gasteiger partial charge in [-0.25, -0.2) is 12.8 Å². The van der Waals surface area contributed by atoms with E-state index in [1.165, 1.54) is 50.2 Å². The van der Waals surface area contributed by atoms with Crippen molar-refractivity contribution in [2.45, 2.75) is 30.9 Å². The van der Waals surface area contributed by atoms with Gasteiger partial charge in [0.2, 0.25) is 10.0 Å². The highest BCUT2D eigenvalue weighted by molar-refractivity contribution is 7.89. The second-order valence-corrected chi connectivity index (χ2v) is 7.42. The Balaban J connectivity index is 1.95. The van der Waals surface area contributed by atoms with Crippen molar-refractivity contribution < 1.29 is 27.1 Å². The Morgan fingerprint density at radius 3 is 2.22 bits per heavy atom. The third-order valence-electron chi connectivity index (χ3n) is 3.53. The van der Waals surface area contributed by atoms with E-state index < -0.39 is 39.9 Å². The van der Waals surface area contributed by atoms with Gasteiger partial charge in [0, 0.05) is 0 Å². The number of carbonyl (C=O) groups is 2. The van der Waals surface area contributed by atoms with Crippen molar-refractivity contribution in [3.05, 3.63) is 60.4 Å². The predicted octanol–water partition coefficient (Wildman–Crippen LogP) is 2.06. The largest absolute Gasteiger partial charge is 0.451 e. The Hall–Kier alpha value is -2.78. The van der Waals surface area contributed by atoms with Crippen LogP contribution < -0.4 is 10.0 Å². The number of ether oxygens (including phenoxy) is 1. The van der Waals surface area contributed by atoms with Crippen LogP contribution in [0.3, 0.4) is 0 Å². The van der Waals surface area contributed by atoms with Crippen LogP contribution in [0.5, 0.6) is 0 Å². The fraction of sp³-hybridized carbons (Fsp3) is 0.222. The average Bonchev–Trinajstić information content (AvgIpc) is 2.63. The Kier molecular flexibility index (Phi) is 6.65. The van der Waals surface area contributed by atoms with Crippen molar-refractivity contribution in [3.63, 3.8) is 0 Å². The first-order chi connectivity index (χ1) is 12.7. The van der Waals surface area contributed by atoms with Crippen LogP contribution in [0, 0.1) is 5.82 Å². The fourth-order valence-electron chi connectivity index (χ4n) is 2.08. The van der Waals surface area contributed by atoms with Gasteiger partial charge in [-0.3, -0.25) is 9.59 Å². The summed E-state index contributed by atoms with van der Waals surface area (Å²) in [5.41, 5.74) is -0.0526. The van der Waals surface area contributed by atoms with Crippen LogP contribution in [0.1, 0.15) is 13.8 Å². The van der Waals surface area contributed by atoms with Crippen LogP contribution in [0.2, 0.25) is 0 Å². The first-order valence-corrected chi connectivity index (χ1v) is 9.52. The predicted molar refractivity (Wildman–Crippen MR) is 96.8 cm³/mol. The molecule has 0 heterocycles. The van der Waals surface area contributed by atoms with Gasteiger partial charge in [-0.2, -0.15) is 4.72 Å². The van der Waals surface area contributed by atoms with E-state index in [1.807, 2.05) is 0 Å². The van der Waals surface area contributed by atoms with Crippen molar-refractivity contribution in [3.8, 4) is 0 Å². The van der Waals surface area contributed by atoms with E-state index in [1.54, 1.807) is 18.2 Å². The average molecular weight is 394 g/mol. The van der Waals surface area contributed by atoms with E-state index >= 15 is 0 Å². The molecule has 1 unspecified atom stereocenters. The molecule has 7 nitrogen and oxygen atoms in total. The lowest BCUT2D eigenvalue weighted by Gasteiger charge is -2.17. The zero-order chi connectivity index (χ0) is 20.0. The number of benzene rings is 2. The Bertz CT molecular complexity index is 918. The Morgan fingerprint density at radius 1 is 1.00 bits per heavy atom. The molecule has 2 N–H and O–H groups in total. The molecular formula is C18H19FN2O5S. The number of hydrogen-bond donors (Lipinski definition) is 2. The highest BCUT2D eigenvalue weighted by Gasteiger charge is 2.26. The lowest BCUT2D eigenvalue weighted by Crippen LogP contribution is -2.42. The SMILES string of the molecule is CC(OC(=O)[C@H](C)NS(=O)(=O)c1ccccc1)C(=O)Nc1ccccc1F. The van der Waals surface area contributed by atoms with Gasteiger partial charge >= 0.3 is 5.97 Å². The number of sulfonamides is 1. The van der Waals surface area contributed by atoms with Crippen molar-refractivity contribution in [1.82, 2.24) is 4.72 Å². The molecule has 0 aliphatic heterocycles. The van der Waals surface area contributed by atoms with Gasteiger partial charge < -0.3 is 10.1 Å². The molecule has 0 fully saturated rings. The van der Waals surface area contributed by atoms with Crippen molar-refractivity contribution in [2.24, 2.45) is 0 Å². The minimum absolute atomic E-state index is 0.00463. The van der Waals surface area contributed by atoms with Crippen LogP contribution in [0.4, 0.5) is 10.1 Å². The molecule has 0 aliphatic rings.